The molecule has 324 valence electrons. The van der Waals surface area contributed by atoms with E-state index >= 15 is 0 Å². The van der Waals surface area contributed by atoms with Gasteiger partial charge in [0.2, 0.25) is 0 Å². The summed E-state index contributed by atoms with van der Waals surface area (Å²) in [4.78, 5) is 0. The van der Waals surface area contributed by atoms with Gasteiger partial charge in [-0.1, -0.05) is 182 Å². The predicted octanol–water partition coefficient (Wildman–Crippen LogP) is 18.2. The molecule has 0 radical (unpaired) electrons. The van der Waals surface area contributed by atoms with Gasteiger partial charge in [-0.2, -0.15) is 12.1 Å². The molecule has 0 aliphatic rings. The number of rotatable bonds is 8. The minimum Gasteiger partial charge on any atom is -0.372 e. The molecule has 0 saturated heterocycles. The second kappa shape index (κ2) is 23.3. The van der Waals surface area contributed by atoms with Crippen LogP contribution in [0.4, 0.5) is 0 Å². The van der Waals surface area contributed by atoms with E-state index in [9.17, 15) is 0 Å². The predicted molar refractivity (Wildman–Crippen MR) is 272 cm³/mol. The molecule has 0 heterocycles. The molecule has 0 fully saturated rings. The molecule has 0 bridgehead atoms. The fourth-order valence-electron chi connectivity index (χ4n) is 7.45. The van der Waals surface area contributed by atoms with Gasteiger partial charge in [0.1, 0.15) is 0 Å². The number of halogens is 2. The Morgan fingerprint density at radius 1 is 0.450 bits per heavy atom. The maximum atomic E-state index is 3.38. The molecule has 6 aromatic rings. The topological polar surface area (TPSA) is 0 Å². The maximum Gasteiger partial charge on any atom is 4.00 e. The summed E-state index contributed by atoms with van der Waals surface area (Å²) in [6, 6.07) is 37.5. The van der Waals surface area contributed by atoms with Gasteiger partial charge in [-0.05, 0) is 67.9 Å². The van der Waals surface area contributed by atoms with E-state index in [2.05, 4.69) is 208 Å². The van der Waals surface area contributed by atoms with E-state index in [0.29, 0.717) is 0 Å². The molecule has 0 aliphatic heterocycles. The summed E-state index contributed by atoms with van der Waals surface area (Å²) in [5, 5.41) is 5.54. The Kier molecular flexibility index (Phi) is 21.6. The summed E-state index contributed by atoms with van der Waals surface area (Å²) in [6.07, 6.45) is 8.13. The van der Waals surface area contributed by atoms with E-state index in [-0.39, 0.29) is 72.3 Å². The minimum absolute atomic E-state index is 0. The van der Waals surface area contributed by atoms with Crippen LogP contribution >= 0.6 is 24.8 Å². The summed E-state index contributed by atoms with van der Waals surface area (Å²) in [7, 11) is 0. The fraction of sp³-hybridized carbons (Fsp3) is 0.439. The van der Waals surface area contributed by atoms with Crippen LogP contribution in [0, 0.1) is 13.8 Å². The van der Waals surface area contributed by atoms with Gasteiger partial charge in [0.25, 0.3) is 0 Å². The van der Waals surface area contributed by atoms with Crippen LogP contribution in [0.3, 0.4) is 0 Å². The zero-order valence-electron chi connectivity index (χ0n) is 39.9. The van der Waals surface area contributed by atoms with Crippen molar-refractivity contribution in [2.45, 2.75) is 164 Å². The van der Waals surface area contributed by atoms with Gasteiger partial charge in [0, 0.05) is 0 Å². The molecular weight excluding hydrogens is 934 g/mol. The Bertz CT molecular complexity index is 1980. The Labute approximate surface area is 399 Å². The van der Waals surface area contributed by atoms with E-state index in [1.54, 1.807) is 0 Å². The number of unbranched alkanes of at least 4 members (excludes halogenated alkanes) is 2. The molecule has 0 atom stereocenters. The smallest absolute Gasteiger partial charge is 0.372 e. The van der Waals surface area contributed by atoms with Crippen molar-refractivity contribution in [2.75, 3.05) is 0 Å². The fourth-order valence-corrected chi connectivity index (χ4v) is 7.45. The van der Waals surface area contributed by atoms with E-state index < -0.39 is 0 Å². The standard InChI is InChI=1S/2C27H35.C3H6.2ClH.Hf/c2*1-8-9-11-19-14-20-12-10-13-24(25(20)15-19)21-16-22(26(2,3)4)18-23(17-21)27(5,6)7;1-3-2;;;/h2*10,12-18H,8-9,11H2,1-7H3;1-3H2;2*1H;/q2*-1;-2;;;+4. The summed E-state index contributed by atoms with van der Waals surface area (Å²) < 4.78 is 0. The Balaban J connectivity index is 0.000000538. The van der Waals surface area contributed by atoms with Gasteiger partial charge in [-0.15, -0.1) is 93.9 Å². The van der Waals surface area contributed by atoms with Gasteiger partial charge in [0.05, 0.1) is 0 Å². The summed E-state index contributed by atoms with van der Waals surface area (Å²) >= 11 is 0. The zero-order chi connectivity index (χ0) is 42.3. The van der Waals surface area contributed by atoms with Crippen LogP contribution in [-0.4, -0.2) is 0 Å². The van der Waals surface area contributed by atoms with Crippen LogP contribution in [0.15, 0.2) is 97.1 Å². The third kappa shape index (κ3) is 14.8. The van der Waals surface area contributed by atoms with Crippen LogP contribution in [0.1, 0.15) is 162 Å². The number of hydrogen-bond donors (Lipinski definition) is 0. The van der Waals surface area contributed by atoms with Crippen LogP contribution in [0.25, 0.3) is 43.8 Å². The maximum absolute atomic E-state index is 3.38. The molecule has 0 amide bonds. The second-order valence-corrected chi connectivity index (χ2v) is 20.5. The molecule has 60 heavy (non-hydrogen) atoms. The van der Waals surface area contributed by atoms with E-state index in [1.165, 1.54) is 116 Å². The number of aryl methyl sites for hydroxylation is 2. The van der Waals surface area contributed by atoms with Crippen LogP contribution in [0.2, 0.25) is 0 Å². The van der Waals surface area contributed by atoms with Crippen molar-refractivity contribution in [3.05, 3.63) is 144 Å². The monoisotopic (exact) mass is 1010 g/mol. The molecule has 6 rings (SSSR count). The number of benzene rings is 4. The summed E-state index contributed by atoms with van der Waals surface area (Å²) in [5.41, 5.74) is 14.6. The van der Waals surface area contributed by atoms with Crippen molar-refractivity contribution in [2.24, 2.45) is 0 Å². The van der Waals surface area contributed by atoms with Crippen molar-refractivity contribution in [3.63, 3.8) is 0 Å². The van der Waals surface area contributed by atoms with Crippen LogP contribution in [0.5, 0.6) is 0 Å². The molecule has 0 saturated carbocycles. The molecular formula is C57H78Cl2Hf. The largest absolute Gasteiger partial charge is 4.00 e. The van der Waals surface area contributed by atoms with Crippen molar-refractivity contribution in [1.29, 1.82) is 0 Å². The van der Waals surface area contributed by atoms with E-state index in [0.717, 1.165) is 6.42 Å². The molecule has 0 nitrogen and oxygen atoms in total. The van der Waals surface area contributed by atoms with Crippen molar-refractivity contribution < 1.29 is 25.8 Å². The molecule has 0 aliphatic carbocycles. The zero-order valence-corrected chi connectivity index (χ0v) is 45.1. The summed E-state index contributed by atoms with van der Waals surface area (Å²) in [5.74, 6) is 0. The number of hydrogen-bond acceptors (Lipinski definition) is 0. The van der Waals surface area contributed by atoms with E-state index in [1.807, 2.05) is 0 Å². The molecule has 0 spiro atoms. The third-order valence-electron chi connectivity index (χ3n) is 11.2. The Morgan fingerprint density at radius 2 is 0.733 bits per heavy atom. The molecule has 0 unspecified atom stereocenters. The average Bonchev–Trinajstić information content (AvgIpc) is 3.75. The molecule has 0 aromatic heterocycles. The third-order valence-corrected chi connectivity index (χ3v) is 11.2. The van der Waals surface area contributed by atoms with Crippen molar-refractivity contribution >= 4 is 46.4 Å². The SMILES string of the molecule is CCCCc1cc2c(-c3cc(C(C)(C)C)cc(C(C)(C)C)c3)cccc2[cH-]1.CCCCc1cc2c(-c3cc(C(C)(C)C)cc(C(C)(C)C)c3)cccc2[cH-]1.Cl.Cl.[CH2-]C[CH2-].[Hf+4]. The number of fused-ring (bicyclic) bond motifs is 2. The Hall–Kier alpha value is -2.45. The first-order valence-corrected chi connectivity index (χ1v) is 21.9. The summed E-state index contributed by atoms with van der Waals surface area (Å²) in [6.45, 7) is 39.0. The van der Waals surface area contributed by atoms with Crippen LogP contribution in [-0.2, 0) is 60.3 Å². The van der Waals surface area contributed by atoms with Crippen LogP contribution < -0.4 is 0 Å². The van der Waals surface area contributed by atoms with Crippen molar-refractivity contribution in [1.82, 2.24) is 0 Å². The van der Waals surface area contributed by atoms with Gasteiger partial charge in [-0.25, -0.2) is 0 Å². The molecule has 6 aromatic carbocycles. The van der Waals surface area contributed by atoms with Crippen molar-refractivity contribution in [3.8, 4) is 22.3 Å². The van der Waals surface area contributed by atoms with Gasteiger partial charge >= 0.3 is 25.8 Å². The first-order chi connectivity index (χ1) is 26.6. The van der Waals surface area contributed by atoms with Gasteiger partial charge < -0.3 is 20.3 Å². The van der Waals surface area contributed by atoms with E-state index in [4.69, 9.17) is 0 Å². The average molecular weight is 1010 g/mol. The van der Waals surface area contributed by atoms with Gasteiger partial charge in [-0.3, -0.25) is 0 Å². The quantitative estimate of drug-likeness (QED) is 0.105. The first-order valence-electron chi connectivity index (χ1n) is 21.9. The second-order valence-electron chi connectivity index (χ2n) is 20.5. The van der Waals surface area contributed by atoms with Gasteiger partial charge in [0.15, 0.2) is 0 Å². The first kappa shape index (κ1) is 55.6. The normalized spacial score (nSPS) is 11.7. The molecule has 0 N–H and O–H groups in total. The minimum atomic E-state index is 0. The molecule has 3 heteroatoms. The Morgan fingerprint density at radius 3 is 0.983 bits per heavy atom.